The van der Waals surface area contributed by atoms with Gasteiger partial charge in [-0.2, -0.15) is 0 Å². The number of aromatic amines is 1. The fourth-order valence-corrected chi connectivity index (χ4v) is 11.2. The van der Waals surface area contributed by atoms with E-state index in [4.69, 9.17) is 53.1 Å². The van der Waals surface area contributed by atoms with Crippen molar-refractivity contribution in [3.8, 4) is 28.7 Å². The fraction of sp³-hybridized carbons (Fsp3) is 0.474. The quantitative estimate of drug-likeness (QED) is 0.0140. The molecule has 89 heavy (non-hydrogen) atoms. The maximum Gasteiger partial charge on any atom is 0.501 e. The summed E-state index contributed by atoms with van der Waals surface area (Å²) in [6.45, 7) is 2.36. The number of fused-ring (bicyclic) bond motifs is 4. The van der Waals surface area contributed by atoms with Crippen LogP contribution in [0.15, 0.2) is 66.9 Å². The number of aliphatic hydroxyl groups excluding tert-OH is 8. The Morgan fingerprint density at radius 1 is 0.798 bits per heavy atom. The van der Waals surface area contributed by atoms with Crippen molar-refractivity contribution in [2.45, 2.75) is 101 Å². The predicted octanol–water partition coefficient (Wildman–Crippen LogP) is -0.00180. The van der Waals surface area contributed by atoms with E-state index < -0.39 is 120 Å². The molecular formula is C57H68ClN7O23S. The van der Waals surface area contributed by atoms with Crippen molar-refractivity contribution in [2.24, 2.45) is 0 Å². The average Bonchev–Trinajstić information content (AvgIpc) is 1.83. The number of nitrogens with one attached hydrogen (secondary N) is 2. The van der Waals surface area contributed by atoms with Crippen LogP contribution >= 0.6 is 11.6 Å². The third kappa shape index (κ3) is 14.8. The molecule has 10 N–H and O–H groups in total. The molecule has 0 bridgehead atoms. The number of rotatable bonds is 27. The topological polar surface area (TPSA) is 412 Å². The van der Waals surface area contributed by atoms with Crippen LogP contribution in [-0.2, 0) is 47.1 Å². The molecule has 0 aliphatic carbocycles. The lowest BCUT2D eigenvalue weighted by Gasteiger charge is -2.39. The Morgan fingerprint density at radius 2 is 1.48 bits per heavy atom. The van der Waals surface area contributed by atoms with Gasteiger partial charge in [-0.25, -0.2) is 4.68 Å². The van der Waals surface area contributed by atoms with Crippen LogP contribution in [-0.4, -0.2) is 232 Å². The first-order valence-corrected chi connectivity index (χ1v) is 29.9. The Morgan fingerprint density at radius 3 is 2.13 bits per heavy atom. The molecule has 30 nitrogen and oxygen atoms in total. The predicted molar refractivity (Wildman–Crippen MR) is 310 cm³/mol. The van der Waals surface area contributed by atoms with E-state index in [2.05, 4.69) is 20.6 Å². The maximum absolute atomic E-state index is 14.9. The monoisotopic (exact) mass is 1290 g/mol. The van der Waals surface area contributed by atoms with E-state index in [1.807, 2.05) is 0 Å². The van der Waals surface area contributed by atoms with Crippen molar-refractivity contribution >= 4 is 72.9 Å². The number of aromatic nitrogens is 4. The Kier molecular flexibility index (Phi) is 21.3. The van der Waals surface area contributed by atoms with Gasteiger partial charge in [-0.1, -0.05) is 12.1 Å². The molecule has 3 aliphatic heterocycles. The number of alkyl halides is 1. The minimum absolute atomic E-state index is 0.0186. The van der Waals surface area contributed by atoms with Gasteiger partial charge in [0, 0.05) is 85.0 Å². The molecule has 482 valence electrons. The zero-order chi connectivity index (χ0) is 64.0. The van der Waals surface area contributed by atoms with Crippen molar-refractivity contribution in [1.82, 2.24) is 30.2 Å². The number of ether oxygens (including phenoxy) is 7. The molecule has 2 aromatic heterocycles. The summed E-state index contributed by atoms with van der Waals surface area (Å²) in [7, 11) is -2.49. The number of carbonyl (C=O) groups excluding carboxylic acids is 4. The number of likely N-dealkylation sites (N-methyl/N-ethyl adjacent to an activating group) is 1. The van der Waals surface area contributed by atoms with Crippen LogP contribution in [0.2, 0.25) is 0 Å². The van der Waals surface area contributed by atoms with Gasteiger partial charge in [-0.3, -0.25) is 19.2 Å². The molecule has 0 spiro atoms. The molecule has 3 aliphatic rings. The van der Waals surface area contributed by atoms with Gasteiger partial charge in [0.15, 0.2) is 23.0 Å². The molecule has 2 saturated heterocycles. The molecule has 11 atom stereocenters. The van der Waals surface area contributed by atoms with Crippen molar-refractivity contribution in [3.63, 3.8) is 0 Å². The summed E-state index contributed by atoms with van der Waals surface area (Å²) in [5.74, 6) is -3.90. The minimum atomic E-state index is -5.36. The number of ketones is 1. The number of nitrogens with zero attached hydrogens (tertiary/aromatic N) is 5. The highest BCUT2D eigenvalue weighted by molar-refractivity contribution is 7.82. The van der Waals surface area contributed by atoms with Gasteiger partial charge in [0.05, 0.1) is 63.6 Å². The van der Waals surface area contributed by atoms with Crippen molar-refractivity contribution in [1.29, 1.82) is 0 Å². The van der Waals surface area contributed by atoms with E-state index in [1.54, 1.807) is 23.9 Å². The van der Waals surface area contributed by atoms with Gasteiger partial charge < -0.3 is 102 Å². The van der Waals surface area contributed by atoms with Crippen LogP contribution < -0.4 is 32.8 Å². The molecule has 4 aromatic carbocycles. The van der Waals surface area contributed by atoms with Crippen LogP contribution in [0.1, 0.15) is 68.6 Å². The molecule has 0 unspecified atom stereocenters. The zero-order valence-corrected chi connectivity index (χ0v) is 50.0. The number of hydrogen-bond donors (Lipinski definition) is 10. The summed E-state index contributed by atoms with van der Waals surface area (Å²) in [4.78, 5) is 58.9. The number of amides is 3. The summed E-state index contributed by atoms with van der Waals surface area (Å²) < 4.78 is 81.4. The number of hydrogen-bond acceptors (Lipinski definition) is 25. The highest BCUT2D eigenvalue weighted by Gasteiger charge is 2.47. The van der Waals surface area contributed by atoms with E-state index in [-0.39, 0.29) is 89.7 Å². The Bertz CT molecular complexity index is 3640. The first-order chi connectivity index (χ1) is 42.6. The number of methoxy groups -OCH3 is 1. The van der Waals surface area contributed by atoms with Crippen LogP contribution in [0.4, 0.5) is 5.69 Å². The summed E-state index contributed by atoms with van der Waals surface area (Å²) in [6.07, 6.45) is -14.7. The lowest BCUT2D eigenvalue weighted by Crippen LogP contribution is -2.60. The van der Waals surface area contributed by atoms with Crippen LogP contribution in [0, 0.1) is 0 Å². The highest BCUT2D eigenvalue weighted by Crippen LogP contribution is 2.48. The van der Waals surface area contributed by atoms with Crippen LogP contribution in [0.5, 0.6) is 28.7 Å². The summed E-state index contributed by atoms with van der Waals surface area (Å²) in [6, 6.07) is 13.6. The Labute approximate surface area is 513 Å². The van der Waals surface area contributed by atoms with Gasteiger partial charge >= 0.3 is 10.4 Å². The maximum atomic E-state index is 14.9. The Hall–Kier alpha value is -7.34. The molecule has 6 aromatic rings. The summed E-state index contributed by atoms with van der Waals surface area (Å²) in [5.41, 5.74) is 1.37. The number of halogens is 1. The second kappa shape index (κ2) is 28.7. The summed E-state index contributed by atoms with van der Waals surface area (Å²) in [5, 5.41) is 94.7. The summed E-state index contributed by atoms with van der Waals surface area (Å²) >= 11 is 6.62. The third-order valence-electron chi connectivity index (χ3n) is 15.1. The second-order valence-electron chi connectivity index (χ2n) is 21.1. The lowest BCUT2D eigenvalue weighted by atomic mass is 9.95. The van der Waals surface area contributed by atoms with Crippen molar-refractivity contribution in [3.05, 3.63) is 94.9 Å². The van der Waals surface area contributed by atoms with E-state index in [1.165, 1.54) is 73.3 Å². The molecule has 9 rings (SSSR count). The van der Waals surface area contributed by atoms with Crippen LogP contribution in [0.25, 0.3) is 21.7 Å². The first kappa shape index (κ1) is 66.1. The molecule has 2 fully saturated rings. The molecular weight excluding hydrogens is 1220 g/mol. The van der Waals surface area contributed by atoms with E-state index in [9.17, 15) is 68.4 Å². The SMILES string of the molecule is CCC(=O)NCOCCc1cn(CCOCCN(C)C(=O)c2ccc(O[C@@H]3O[C@H](CO)[C@H](O)[C@H](O)[C@H]3O)c(OS(=O)(=O)Oc3cc4c(c5cc(OC)ccc35)[C@H](CCl)CN4C(=O)c3cc4cc(C(C)=O)c(O[C@@H]5O[C@H](CO)[C@H](O)[C@H](O)[C@H]5O)cc4[nH]3)c2)nn1. The van der Waals surface area contributed by atoms with Gasteiger partial charge in [0.1, 0.15) is 72.8 Å². The van der Waals surface area contributed by atoms with Crippen molar-refractivity contribution < 1.29 is 110 Å². The van der Waals surface area contributed by atoms with Gasteiger partial charge in [0.25, 0.3) is 11.8 Å². The van der Waals surface area contributed by atoms with Crippen LogP contribution in [0.3, 0.4) is 0 Å². The van der Waals surface area contributed by atoms with E-state index >= 15 is 0 Å². The number of Topliss-reactive ketones (excluding diaryl/α,β-unsaturated/α-hetero) is 1. The molecule has 0 radical (unpaired) electrons. The van der Waals surface area contributed by atoms with Crippen molar-refractivity contribution in [2.75, 3.05) is 77.8 Å². The standard InChI is InChI=1S/C57H68ClN7O23S/c1-5-46(69)59-27-82-13-10-32-24-64(62-61-32)12-15-81-14-11-63(3)54(76)29-6-9-40(83-56-52(74)50(72)48(70)44(25-66)85-56)43(18-29)88-89(78,79)87-42-21-39-47(36-19-33(80-4)7-8-34(36)42)31(22-58)23-65(39)55(77)38-17-30-16-35(28(2)68)41(20-37(30)60-38)84-57-53(75)51(73)49(71)45(26-67)86-57/h6-9,16-21,24,31,44-45,48-53,56-57,60,66-67,70-75H,5,10-15,22-23,25-27H2,1-4H3,(H,59,69)/t31-,44-,45-,48+,49+,50+,51+,52-,53-,56-,57-/m1/s1. The number of H-pyrrole nitrogens is 1. The number of anilines is 1. The van der Waals surface area contributed by atoms with E-state index in [0.717, 1.165) is 12.1 Å². The second-order valence-corrected chi connectivity index (χ2v) is 22.6. The average molecular weight is 1290 g/mol. The van der Waals surface area contributed by atoms with Gasteiger partial charge in [0.2, 0.25) is 18.5 Å². The Balaban J connectivity index is 0.963. The minimum Gasteiger partial charge on any atom is -0.497 e. The molecule has 32 heteroatoms. The number of carbonyl (C=O) groups is 4. The molecule has 5 heterocycles. The van der Waals surface area contributed by atoms with E-state index in [0.29, 0.717) is 53.8 Å². The lowest BCUT2D eigenvalue weighted by molar-refractivity contribution is -0.277. The molecule has 0 saturated carbocycles. The third-order valence-corrected chi connectivity index (χ3v) is 16.3. The number of aliphatic hydroxyl groups is 8. The molecule has 3 amide bonds. The normalized spacial score (nSPS) is 23.5. The zero-order valence-electron chi connectivity index (χ0n) is 48.4. The number of benzene rings is 4. The highest BCUT2D eigenvalue weighted by atomic mass is 35.5. The first-order valence-electron chi connectivity index (χ1n) is 28.1. The smallest absolute Gasteiger partial charge is 0.497 e. The van der Waals surface area contributed by atoms with Gasteiger partial charge in [-0.15, -0.1) is 25.1 Å². The largest absolute Gasteiger partial charge is 0.501 e. The van der Waals surface area contributed by atoms with Gasteiger partial charge in [-0.05, 0) is 66.4 Å². The fourth-order valence-electron chi connectivity index (χ4n) is 10.2.